The quantitative estimate of drug-likeness (QED) is 0.797. The summed E-state index contributed by atoms with van der Waals surface area (Å²) in [7, 11) is 0. The van der Waals surface area contributed by atoms with Crippen molar-refractivity contribution < 1.29 is 19.8 Å². The van der Waals surface area contributed by atoms with Gasteiger partial charge in [-0.2, -0.15) is 0 Å². The molecule has 9 heteroatoms. The van der Waals surface area contributed by atoms with Crippen LogP contribution >= 0.6 is 35.2 Å². The van der Waals surface area contributed by atoms with E-state index < -0.39 is 11.9 Å². The van der Waals surface area contributed by atoms with Gasteiger partial charge in [0.2, 0.25) is 5.88 Å². The monoisotopic (exact) mass is 368 g/mol. The average molecular weight is 369 g/mol. The van der Waals surface area contributed by atoms with Crippen molar-refractivity contribution in [3.63, 3.8) is 0 Å². The molecular formula is C14H9ClN2O4S2. The van der Waals surface area contributed by atoms with Crippen LogP contribution in [0.4, 0.5) is 0 Å². The minimum Gasteiger partial charge on any atom is -0.493 e. The zero-order chi connectivity index (χ0) is 16.7. The fourth-order valence-electron chi connectivity index (χ4n) is 2.29. The number of benzene rings is 1. The number of aliphatic carboxylic acids is 1. The number of hydrogen-bond donors (Lipinski definition) is 2. The molecule has 1 aliphatic rings. The summed E-state index contributed by atoms with van der Waals surface area (Å²) < 4.78 is 1.58. The third-order valence-electron chi connectivity index (χ3n) is 3.33. The Kier molecular flexibility index (Phi) is 4.05. The van der Waals surface area contributed by atoms with Crippen LogP contribution < -0.4 is 10.6 Å². The van der Waals surface area contributed by atoms with E-state index in [0.29, 0.717) is 15.6 Å². The van der Waals surface area contributed by atoms with Gasteiger partial charge in [0.1, 0.15) is 4.88 Å². The van der Waals surface area contributed by atoms with Gasteiger partial charge in [-0.05, 0) is 18.3 Å². The maximum atomic E-state index is 12.2. The number of carbonyl (C=O) groups is 2. The molecule has 118 valence electrons. The van der Waals surface area contributed by atoms with E-state index >= 15 is 0 Å². The molecule has 2 N–H and O–H groups in total. The topological polar surface area (TPSA) is 91.9 Å². The molecule has 1 aromatic heterocycles. The van der Waals surface area contributed by atoms with Crippen molar-refractivity contribution in [1.82, 2.24) is 4.57 Å². The summed E-state index contributed by atoms with van der Waals surface area (Å²) in [5, 5.41) is 20.4. The maximum Gasteiger partial charge on any atom is 0.305 e. The first-order valence-corrected chi connectivity index (χ1v) is 8.07. The SMILES string of the molecule is O=C(O)CCn1c(O)c(C2=c3cccc(Cl)c3=NC2=O)sc1=S. The van der Waals surface area contributed by atoms with Crippen LogP contribution in [0.3, 0.4) is 0 Å². The van der Waals surface area contributed by atoms with E-state index in [4.69, 9.17) is 28.9 Å². The molecule has 0 spiro atoms. The van der Waals surface area contributed by atoms with Gasteiger partial charge in [-0.25, -0.2) is 4.99 Å². The van der Waals surface area contributed by atoms with Crippen molar-refractivity contribution in [2.24, 2.45) is 4.99 Å². The van der Waals surface area contributed by atoms with Crippen LogP contribution in [-0.4, -0.2) is 26.7 Å². The third kappa shape index (κ3) is 2.69. The van der Waals surface area contributed by atoms with Crippen LogP contribution in [0.2, 0.25) is 5.02 Å². The van der Waals surface area contributed by atoms with Crippen LogP contribution in [0.15, 0.2) is 23.2 Å². The molecule has 3 rings (SSSR count). The van der Waals surface area contributed by atoms with Gasteiger partial charge in [0, 0.05) is 11.8 Å². The van der Waals surface area contributed by atoms with Crippen LogP contribution in [0, 0.1) is 3.95 Å². The van der Waals surface area contributed by atoms with E-state index in [1.165, 1.54) is 4.57 Å². The predicted octanol–water partition coefficient (Wildman–Crippen LogP) is 1.47. The molecule has 1 aliphatic heterocycles. The van der Waals surface area contributed by atoms with Crippen molar-refractivity contribution in [1.29, 1.82) is 0 Å². The van der Waals surface area contributed by atoms with Gasteiger partial charge in [-0.3, -0.25) is 14.2 Å². The second-order valence-corrected chi connectivity index (χ2v) is 6.80. The molecule has 0 bridgehead atoms. The summed E-state index contributed by atoms with van der Waals surface area (Å²) in [5.74, 6) is -1.74. The number of amides is 1. The second-order valence-electron chi connectivity index (χ2n) is 4.74. The number of halogens is 1. The third-order valence-corrected chi connectivity index (χ3v) is 5.09. The highest BCUT2D eigenvalue weighted by Crippen LogP contribution is 2.32. The number of thiazole rings is 1. The van der Waals surface area contributed by atoms with Crippen molar-refractivity contribution in [2.45, 2.75) is 13.0 Å². The van der Waals surface area contributed by atoms with Crippen molar-refractivity contribution in [3.05, 3.63) is 42.6 Å². The van der Waals surface area contributed by atoms with Gasteiger partial charge in [0.15, 0.2) is 3.95 Å². The normalized spacial score (nSPS) is 13.1. The number of hydrogen-bond acceptors (Lipinski definition) is 5. The number of fused-ring (bicyclic) bond motifs is 1. The number of carbonyl (C=O) groups excluding carboxylic acids is 1. The van der Waals surface area contributed by atoms with Crippen LogP contribution in [0.25, 0.3) is 5.57 Å². The smallest absolute Gasteiger partial charge is 0.305 e. The highest BCUT2D eigenvalue weighted by molar-refractivity contribution is 7.73. The second kappa shape index (κ2) is 5.88. The number of aromatic hydroxyl groups is 1. The Morgan fingerprint density at radius 3 is 2.87 bits per heavy atom. The molecule has 23 heavy (non-hydrogen) atoms. The van der Waals surface area contributed by atoms with E-state index in [-0.39, 0.29) is 33.3 Å². The number of rotatable bonds is 4. The number of nitrogens with zero attached hydrogens (tertiary/aromatic N) is 2. The van der Waals surface area contributed by atoms with E-state index in [0.717, 1.165) is 11.3 Å². The van der Waals surface area contributed by atoms with E-state index in [2.05, 4.69) is 4.99 Å². The molecule has 0 atom stereocenters. The summed E-state index contributed by atoms with van der Waals surface area (Å²) in [6.45, 7) is 0.0253. The molecule has 0 saturated heterocycles. The predicted molar refractivity (Wildman–Crippen MR) is 86.8 cm³/mol. The lowest BCUT2D eigenvalue weighted by molar-refractivity contribution is -0.137. The average Bonchev–Trinajstić information content (AvgIpc) is 2.95. The number of carboxylic acid groups (broad SMARTS) is 1. The lowest BCUT2D eigenvalue weighted by Gasteiger charge is -2.03. The highest BCUT2D eigenvalue weighted by atomic mass is 35.5. The summed E-state index contributed by atoms with van der Waals surface area (Å²) in [6.07, 6.45) is -0.186. The Balaban J connectivity index is 2.21. The van der Waals surface area contributed by atoms with Crippen LogP contribution in [-0.2, 0) is 16.1 Å². The van der Waals surface area contributed by atoms with Gasteiger partial charge < -0.3 is 10.2 Å². The van der Waals surface area contributed by atoms with Crippen LogP contribution in [0.5, 0.6) is 5.88 Å². The Bertz CT molecular complexity index is 1020. The molecular weight excluding hydrogens is 360 g/mol. The van der Waals surface area contributed by atoms with Gasteiger partial charge in [0.05, 0.1) is 22.4 Å². The maximum absolute atomic E-state index is 12.2. The minimum absolute atomic E-state index is 0.0253. The van der Waals surface area contributed by atoms with Crippen LogP contribution in [0.1, 0.15) is 11.3 Å². The summed E-state index contributed by atoms with van der Waals surface area (Å²) in [6, 6.07) is 5.00. The Morgan fingerprint density at radius 2 is 2.17 bits per heavy atom. The molecule has 2 heterocycles. The summed E-state index contributed by atoms with van der Waals surface area (Å²) >= 11 is 12.2. The van der Waals surface area contributed by atoms with Crippen molar-refractivity contribution in [3.8, 4) is 5.88 Å². The fourth-order valence-corrected chi connectivity index (χ4v) is 3.90. The van der Waals surface area contributed by atoms with E-state index in [1.54, 1.807) is 18.2 Å². The largest absolute Gasteiger partial charge is 0.493 e. The van der Waals surface area contributed by atoms with Crippen molar-refractivity contribution in [2.75, 3.05) is 0 Å². The Hall–Kier alpha value is -2.03. The number of carboxylic acids is 1. The minimum atomic E-state index is -1.00. The van der Waals surface area contributed by atoms with Gasteiger partial charge in [-0.1, -0.05) is 23.7 Å². The Morgan fingerprint density at radius 1 is 1.43 bits per heavy atom. The van der Waals surface area contributed by atoms with Gasteiger partial charge in [-0.15, -0.1) is 11.3 Å². The van der Waals surface area contributed by atoms with Gasteiger partial charge >= 0.3 is 5.97 Å². The zero-order valence-corrected chi connectivity index (χ0v) is 13.8. The Labute approximate surface area is 143 Å². The molecule has 6 nitrogen and oxygen atoms in total. The zero-order valence-electron chi connectivity index (χ0n) is 11.4. The number of aromatic nitrogens is 1. The van der Waals surface area contributed by atoms with Crippen molar-refractivity contribution >= 4 is 52.6 Å². The molecule has 1 amide bonds. The molecule has 0 unspecified atom stereocenters. The molecule has 0 aliphatic carbocycles. The summed E-state index contributed by atoms with van der Waals surface area (Å²) in [5.41, 5.74) is 0.227. The van der Waals surface area contributed by atoms with Gasteiger partial charge in [0.25, 0.3) is 5.91 Å². The highest BCUT2D eigenvalue weighted by Gasteiger charge is 2.26. The van der Waals surface area contributed by atoms with E-state index in [9.17, 15) is 14.7 Å². The first kappa shape index (κ1) is 15.9. The lowest BCUT2D eigenvalue weighted by atomic mass is 10.1. The molecule has 1 aromatic carbocycles. The standard InChI is InChI=1S/C14H9ClN2O4S2/c15-7-3-1-2-6-9(12(20)16-10(6)7)11-13(21)17(14(22)23-11)5-4-8(18)19/h1-3,21H,4-5H2,(H,18,19). The first-order valence-electron chi connectivity index (χ1n) is 6.47. The summed E-state index contributed by atoms with van der Waals surface area (Å²) in [4.78, 5) is 27.1. The molecule has 2 aromatic rings. The number of para-hydroxylation sites is 1. The molecule has 0 radical (unpaired) electrons. The fraction of sp³-hybridized carbons (Fsp3) is 0.143. The lowest BCUT2D eigenvalue weighted by Crippen LogP contribution is -2.23. The first-order chi connectivity index (χ1) is 10.9. The van der Waals surface area contributed by atoms with E-state index in [1.807, 2.05) is 0 Å². The molecule has 0 fully saturated rings. The molecule has 0 saturated carbocycles.